The van der Waals surface area contributed by atoms with Gasteiger partial charge in [0.1, 0.15) is 12.4 Å². The van der Waals surface area contributed by atoms with Crippen LogP contribution < -0.4 is 4.74 Å². The molecule has 4 nitrogen and oxygen atoms in total. The second kappa shape index (κ2) is 6.90. The van der Waals surface area contributed by atoms with E-state index in [9.17, 15) is 13.6 Å². The molecule has 0 spiro atoms. The standard InChI is InChI=1S/C12H15F2NO3/c1-15(5-4-12(16)17)6-7-18-9-2-3-10(13)11(14)8-9/h2-3,8H,4-7H2,1H3,(H,16,17). The van der Waals surface area contributed by atoms with Gasteiger partial charge in [-0.3, -0.25) is 4.79 Å². The number of ether oxygens (including phenoxy) is 1. The lowest BCUT2D eigenvalue weighted by Gasteiger charge is -2.15. The predicted molar refractivity (Wildman–Crippen MR) is 61.6 cm³/mol. The van der Waals surface area contributed by atoms with E-state index in [4.69, 9.17) is 9.84 Å². The molecule has 0 aliphatic rings. The molecule has 0 aromatic heterocycles. The van der Waals surface area contributed by atoms with Crippen molar-refractivity contribution in [1.82, 2.24) is 4.90 Å². The van der Waals surface area contributed by atoms with Crippen LogP contribution in [0.2, 0.25) is 0 Å². The van der Waals surface area contributed by atoms with E-state index in [1.54, 1.807) is 11.9 Å². The van der Waals surface area contributed by atoms with Gasteiger partial charge in [-0.25, -0.2) is 8.78 Å². The fourth-order valence-corrected chi connectivity index (χ4v) is 1.28. The molecule has 1 aromatic rings. The third-order valence-corrected chi connectivity index (χ3v) is 2.34. The number of halogens is 2. The van der Waals surface area contributed by atoms with Gasteiger partial charge < -0.3 is 14.7 Å². The molecule has 100 valence electrons. The van der Waals surface area contributed by atoms with Gasteiger partial charge in [0.2, 0.25) is 0 Å². The van der Waals surface area contributed by atoms with Crippen molar-refractivity contribution in [3.63, 3.8) is 0 Å². The molecule has 18 heavy (non-hydrogen) atoms. The fraction of sp³-hybridized carbons (Fsp3) is 0.417. The van der Waals surface area contributed by atoms with Gasteiger partial charge in [-0.15, -0.1) is 0 Å². The van der Waals surface area contributed by atoms with Crippen molar-refractivity contribution in [1.29, 1.82) is 0 Å². The van der Waals surface area contributed by atoms with Crippen LogP contribution in [0.1, 0.15) is 6.42 Å². The SMILES string of the molecule is CN(CCOc1ccc(F)c(F)c1)CCC(=O)O. The Morgan fingerprint density at radius 2 is 2.06 bits per heavy atom. The third kappa shape index (κ3) is 5.09. The zero-order valence-corrected chi connectivity index (χ0v) is 10.0. The first-order chi connectivity index (χ1) is 8.49. The van der Waals surface area contributed by atoms with E-state index in [1.165, 1.54) is 6.07 Å². The summed E-state index contributed by atoms with van der Waals surface area (Å²) in [5.74, 6) is -2.48. The lowest BCUT2D eigenvalue weighted by molar-refractivity contribution is -0.137. The highest BCUT2D eigenvalue weighted by Gasteiger charge is 2.05. The second-order valence-electron chi connectivity index (χ2n) is 3.87. The van der Waals surface area contributed by atoms with Gasteiger partial charge in [-0.1, -0.05) is 0 Å². The molecular formula is C12H15F2NO3. The van der Waals surface area contributed by atoms with E-state index >= 15 is 0 Å². The van der Waals surface area contributed by atoms with Crippen LogP contribution in [0.4, 0.5) is 8.78 Å². The van der Waals surface area contributed by atoms with Gasteiger partial charge in [0, 0.05) is 19.2 Å². The Morgan fingerprint density at radius 3 is 2.67 bits per heavy atom. The van der Waals surface area contributed by atoms with E-state index in [1.807, 2.05) is 0 Å². The van der Waals surface area contributed by atoms with Crippen molar-refractivity contribution in [2.45, 2.75) is 6.42 Å². The molecule has 0 fully saturated rings. The molecular weight excluding hydrogens is 244 g/mol. The fourth-order valence-electron chi connectivity index (χ4n) is 1.28. The Balaban J connectivity index is 2.28. The van der Waals surface area contributed by atoms with Gasteiger partial charge in [-0.2, -0.15) is 0 Å². The number of benzene rings is 1. The Bertz CT molecular complexity index is 412. The molecule has 0 bridgehead atoms. The molecule has 0 heterocycles. The third-order valence-electron chi connectivity index (χ3n) is 2.34. The van der Waals surface area contributed by atoms with Crippen LogP contribution in [0.3, 0.4) is 0 Å². The highest BCUT2D eigenvalue weighted by molar-refractivity contribution is 5.66. The van der Waals surface area contributed by atoms with E-state index in [-0.39, 0.29) is 18.8 Å². The number of nitrogens with zero attached hydrogens (tertiary/aromatic N) is 1. The molecule has 0 saturated heterocycles. The van der Waals surface area contributed by atoms with Crippen LogP contribution in [0.5, 0.6) is 5.75 Å². The minimum absolute atomic E-state index is 0.0572. The Labute approximate surface area is 104 Å². The second-order valence-corrected chi connectivity index (χ2v) is 3.87. The number of carbonyl (C=O) groups is 1. The van der Waals surface area contributed by atoms with Crippen molar-refractivity contribution < 1.29 is 23.4 Å². The van der Waals surface area contributed by atoms with Gasteiger partial charge in [0.05, 0.1) is 6.42 Å². The van der Waals surface area contributed by atoms with E-state index in [2.05, 4.69) is 0 Å². The van der Waals surface area contributed by atoms with Crippen molar-refractivity contribution >= 4 is 5.97 Å². The van der Waals surface area contributed by atoms with Crippen molar-refractivity contribution in [2.24, 2.45) is 0 Å². The van der Waals surface area contributed by atoms with Crippen molar-refractivity contribution in [3.05, 3.63) is 29.8 Å². The zero-order chi connectivity index (χ0) is 13.5. The summed E-state index contributed by atoms with van der Waals surface area (Å²) in [7, 11) is 1.76. The highest BCUT2D eigenvalue weighted by Crippen LogP contribution is 2.15. The summed E-state index contributed by atoms with van der Waals surface area (Å²) in [6, 6.07) is 3.32. The summed E-state index contributed by atoms with van der Waals surface area (Å²) in [5, 5.41) is 8.49. The molecule has 1 N–H and O–H groups in total. The first kappa shape index (κ1) is 14.4. The average Bonchev–Trinajstić information content (AvgIpc) is 2.31. The van der Waals surface area contributed by atoms with E-state index < -0.39 is 17.6 Å². The molecule has 0 unspecified atom stereocenters. The summed E-state index contributed by atoms with van der Waals surface area (Å²) in [4.78, 5) is 12.1. The minimum atomic E-state index is -0.952. The minimum Gasteiger partial charge on any atom is -0.492 e. The quantitative estimate of drug-likeness (QED) is 0.810. The number of carboxylic acids is 1. The van der Waals surface area contributed by atoms with E-state index in [0.717, 1.165) is 12.1 Å². The average molecular weight is 259 g/mol. The number of hydrogen-bond donors (Lipinski definition) is 1. The van der Waals surface area contributed by atoms with Gasteiger partial charge in [0.15, 0.2) is 11.6 Å². The van der Waals surface area contributed by atoms with Crippen LogP contribution in [-0.2, 0) is 4.79 Å². The maximum atomic E-state index is 12.8. The van der Waals surface area contributed by atoms with Crippen LogP contribution in [0.15, 0.2) is 18.2 Å². The Kier molecular flexibility index (Phi) is 5.51. The van der Waals surface area contributed by atoms with Gasteiger partial charge >= 0.3 is 5.97 Å². The van der Waals surface area contributed by atoms with Crippen LogP contribution in [-0.4, -0.2) is 42.7 Å². The molecule has 6 heteroatoms. The van der Waals surface area contributed by atoms with E-state index in [0.29, 0.717) is 13.1 Å². The smallest absolute Gasteiger partial charge is 0.304 e. The number of aliphatic carboxylic acids is 1. The molecule has 1 aromatic carbocycles. The number of likely N-dealkylation sites (N-methyl/N-ethyl adjacent to an activating group) is 1. The lowest BCUT2D eigenvalue weighted by Crippen LogP contribution is -2.26. The summed E-state index contributed by atoms with van der Waals surface area (Å²) < 4.78 is 30.7. The summed E-state index contributed by atoms with van der Waals surface area (Å²) in [6.45, 7) is 1.20. The van der Waals surface area contributed by atoms with Gasteiger partial charge in [-0.05, 0) is 19.2 Å². The lowest BCUT2D eigenvalue weighted by atomic mass is 10.3. The number of hydrogen-bond acceptors (Lipinski definition) is 3. The molecule has 0 radical (unpaired) electrons. The van der Waals surface area contributed by atoms with Crippen LogP contribution in [0, 0.1) is 11.6 Å². The highest BCUT2D eigenvalue weighted by atomic mass is 19.2. The zero-order valence-electron chi connectivity index (χ0n) is 10.0. The van der Waals surface area contributed by atoms with Crippen molar-refractivity contribution in [3.8, 4) is 5.75 Å². The topological polar surface area (TPSA) is 49.8 Å². The Morgan fingerprint density at radius 1 is 1.33 bits per heavy atom. The maximum absolute atomic E-state index is 12.8. The molecule has 1 rings (SSSR count). The molecule has 0 atom stereocenters. The molecule has 0 aliphatic carbocycles. The summed E-state index contributed by atoms with van der Waals surface area (Å²) >= 11 is 0. The molecule has 0 aliphatic heterocycles. The number of carboxylic acid groups (broad SMARTS) is 1. The summed E-state index contributed by atoms with van der Waals surface area (Å²) in [6.07, 6.45) is 0.0572. The van der Waals surface area contributed by atoms with Gasteiger partial charge in [0.25, 0.3) is 0 Å². The monoisotopic (exact) mass is 259 g/mol. The Hall–Kier alpha value is -1.69. The van der Waals surface area contributed by atoms with Crippen LogP contribution in [0.25, 0.3) is 0 Å². The van der Waals surface area contributed by atoms with Crippen molar-refractivity contribution in [2.75, 3.05) is 26.7 Å². The summed E-state index contributed by atoms with van der Waals surface area (Å²) in [5.41, 5.74) is 0. The maximum Gasteiger partial charge on any atom is 0.304 e. The van der Waals surface area contributed by atoms with Crippen LogP contribution >= 0.6 is 0 Å². The largest absolute Gasteiger partial charge is 0.492 e. The first-order valence-corrected chi connectivity index (χ1v) is 5.47. The normalized spacial score (nSPS) is 10.7. The molecule has 0 amide bonds. The molecule has 0 saturated carbocycles. The first-order valence-electron chi connectivity index (χ1n) is 5.47. The predicted octanol–water partition coefficient (Wildman–Crippen LogP) is 1.75. The number of rotatable bonds is 7.